The van der Waals surface area contributed by atoms with Gasteiger partial charge in [0, 0.05) is 87.6 Å². The Bertz CT molecular complexity index is 1360. The number of rotatable bonds is 7. The molecule has 198 valence electrons. The summed E-state index contributed by atoms with van der Waals surface area (Å²) in [6.45, 7) is 7.69. The molecule has 38 heavy (non-hydrogen) atoms. The maximum Gasteiger partial charge on any atom is 0.228 e. The summed E-state index contributed by atoms with van der Waals surface area (Å²) >= 11 is 0. The molecule has 0 spiro atoms. The van der Waals surface area contributed by atoms with E-state index in [1.54, 1.807) is 12.4 Å². The summed E-state index contributed by atoms with van der Waals surface area (Å²) in [6, 6.07) is 10.7. The number of nitrogen functional groups attached to an aromatic ring is 1. The van der Waals surface area contributed by atoms with E-state index in [1.165, 1.54) is 5.56 Å². The van der Waals surface area contributed by atoms with E-state index < -0.39 is 0 Å². The maximum atomic E-state index is 12.6. The van der Waals surface area contributed by atoms with Gasteiger partial charge >= 0.3 is 0 Å². The molecule has 0 atom stereocenters. The molecule has 0 aliphatic carbocycles. The van der Waals surface area contributed by atoms with E-state index in [9.17, 15) is 4.39 Å². The number of benzene rings is 1. The number of fused-ring (bicyclic) bond motifs is 1. The van der Waals surface area contributed by atoms with Gasteiger partial charge in [0.2, 0.25) is 11.9 Å². The standard InChI is InChI=1S/C27H32FN9O/c28-6-8-34-9-11-35(12-10-34)19-20-1-3-22(4-2-20)37-7-5-23-24(21-17-30-26(29)31-18-21)32-27(33-25(23)37)36-13-15-38-16-14-36/h1-5,7,17-18H,6,8-16,19H2,(H2,29,30,31). The lowest BCUT2D eigenvalue weighted by Crippen LogP contribution is -2.46. The molecule has 4 aromatic rings. The molecule has 11 heteroatoms. The van der Waals surface area contributed by atoms with Gasteiger partial charge in [-0.25, -0.2) is 19.3 Å². The monoisotopic (exact) mass is 517 g/mol. The van der Waals surface area contributed by atoms with Crippen LogP contribution in [0.4, 0.5) is 16.3 Å². The fourth-order valence-electron chi connectivity index (χ4n) is 5.11. The van der Waals surface area contributed by atoms with E-state index in [-0.39, 0.29) is 12.6 Å². The third-order valence-electron chi connectivity index (χ3n) is 7.26. The summed E-state index contributed by atoms with van der Waals surface area (Å²) < 4.78 is 20.3. The van der Waals surface area contributed by atoms with Crippen molar-refractivity contribution in [2.45, 2.75) is 6.54 Å². The Hall–Kier alpha value is -3.67. The van der Waals surface area contributed by atoms with Crippen molar-refractivity contribution in [1.29, 1.82) is 0 Å². The second-order valence-corrected chi connectivity index (χ2v) is 9.70. The zero-order chi connectivity index (χ0) is 25.9. The molecule has 2 aliphatic rings. The average molecular weight is 518 g/mol. The molecular formula is C27H32FN9O. The number of anilines is 2. The first-order valence-electron chi connectivity index (χ1n) is 13.1. The van der Waals surface area contributed by atoms with Gasteiger partial charge in [-0.15, -0.1) is 0 Å². The van der Waals surface area contributed by atoms with E-state index >= 15 is 0 Å². The Labute approximate surface area is 220 Å². The number of halogens is 1. The number of nitrogens with zero attached hydrogens (tertiary/aromatic N) is 8. The summed E-state index contributed by atoms with van der Waals surface area (Å²) in [4.78, 5) is 25.1. The first kappa shape index (κ1) is 24.7. The number of hydrogen-bond acceptors (Lipinski definition) is 9. The highest BCUT2D eigenvalue weighted by Gasteiger charge is 2.21. The molecule has 5 heterocycles. The van der Waals surface area contributed by atoms with Crippen molar-refractivity contribution in [3.8, 4) is 16.9 Å². The van der Waals surface area contributed by atoms with Crippen molar-refractivity contribution in [3.05, 3.63) is 54.5 Å². The number of ether oxygens (including phenoxy) is 1. The number of nitrogens with two attached hydrogens (primary N) is 1. The van der Waals surface area contributed by atoms with Crippen LogP contribution in [0.25, 0.3) is 28.0 Å². The fraction of sp³-hybridized carbons (Fsp3) is 0.407. The number of piperazine rings is 1. The van der Waals surface area contributed by atoms with Gasteiger partial charge in [0.05, 0.1) is 18.9 Å². The Morgan fingerprint density at radius 2 is 1.58 bits per heavy atom. The van der Waals surface area contributed by atoms with Crippen LogP contribution in [-0.4, -0.2) is 100 Å². The fourth-order valence-corrected chi connectivity index (χ4v) is 5.11. The van der Waals surface area contributed by atoms with Crippen LogP contribution in [0.1, 0.15) is 5.56 Å². The predicted octanol–water partition coefficient (Wildman–Crippen LogP) is 2.38. The Morgan fingerprint density at radius 3 is 2.29 bits per heavy atom. The van der Waals surface area contributed by atoms with Gasteiger partial charge in [-0.05, 0) is 23.8 Å². The first-order valence-corrected chi connectivity index (χ1v) is 13.1. The van der Waals surface area contributed by atoms with Crippen LogP contribution in [0.5, 0.6) is 0 Å². The van der Waals surface area contributed by atoms with Gasteiger partial charge in [-0.2, -0.15) is 4.98 Å². The topological polar surface area (TPSA) is 101 Å². The lowest BCUT2D eigenvalue weighted by atomic mass is 10.1. The molecule has 0 unspecified atom stereocenters. The zero-order valence-electron chi connectivity index (χ0n) is 21.3. The molecule has 2 fully saturated rings. The molecule has 0 radical (unpaired) electrons. The van der Waals surface area contributed by atoms with Gasteiger partial charge in [0.15, 0.2) is 5.65 Å². The smallest absolute Gasteiger partial charge is 0.228 e. The van der Waals surface area contributed by atoms with E-state index in [4.69, 9.17) is 20.4 Å². The van der Waals surface area contributed by atoms with E-state index in [0.717, 1.165) is 73.8 Å². The van der Waals surface area contributed by atoms with Crippen LogP contribution >= 0.6 is 0 Å². The van der Waals surface area contributed by atoms with E-state index in [1.807, 2.05) is 12.3 Å². The third kappa shape index (κ3) is 5.17. The van der Waals surface area contributed by atoms with Crippen molar-refractivity contribution in [2.24, 2.45) is 0 Å². The van der Waals surface area contributed by atoms with Gasteiger partial charge in [-0.3, -0.25) is 9.80 Å². The number of morpholine rings is 1. The van der Waals surface area contributed by atoms with Crippen LogP contribution in [0.2, 0.25) is 0 Å². The van der Waals surface area contributed by atoms with Crippen LogP contribution in [-0.2, 0) is 11.3 Å². The van der Waals surface area contributed by atoms with Crippen molar-refractivity contribution in [3.63, 3.8) is 0 Å². The minimum Gasteiger partial charge on any atom is -0.378 e. The van der Waals surface area contributed by atoms with Crippen LogP contribution < -0.4 is 10.6 Å². The van der Waals surface area contributed by atoms with Gasteiger partial charge in [-0.1, -0.05) is 12.1 Å². The van der Waals surface area contributed by atoms with E-state index in [0.29, 0.717) is 25.7 Å². The maximum absolute atomic E-state index is 12.6. The lowest BCUT2D eigenvalue weighted by molar-refractivity contribution is 0.121. The lowest BCUT2D eigenvalue weighted by Gasteiger charge is -2.34. The predicted molar refractivity (Wildman–Crippen MR) is 145 cm³/mol. The summed E-state index contributed by atoms with van der Waals surface area (Å²) in [5, 5.41) is 0.922. The van der Waals surface area contributed by atoms with Crippen molar-refractivity contribution in [1.82, 2.24) is 34.3 Å². The highest BCUT2D eigenvalue weighted by molar-refractivity contribution is 5.92. The second kappa shape index (κ2) is 11.0. The number of alkyl halides is 1. The Balaban J connectivity index is 1.29. The first-order chi connectivity index (χ1) is 18.7. The highest BCUT2D eigenvalue weighted by Crippen LogP contribution is 2.30. The van der Waals surface area contributed by atoms with Crippen molar-refractivity contribution < 1.29 is 9.13 Å². The molecule has 2 saturated heterocycles. The molecule has 0 amide bonds. The van der Waals surface area contributed by atoms with Gasteiger partial charge in [0.25, 0.3) is 0 Å². The number of hydrogen-bond donors (Lipinski definition) is 1. The number of aromatic nitrogens is 5. The summed E-state index contributed by atoms with van der Waals surface area (Å²) in [5.41, 5.74) is 10.4. The van der Waals surface area contributed by atoms with Crippen LogP contribution in [0, 0.1) is 0 Å². The summed E-state index contributed by atoms with van der Waals surface area (Å²) in [7, 11) is 0. The minimum atomic E-state index is -0.274. The third-order valence-corrected chi connectivity index (χ3v) is 7.26. The molecular weight excluding hydrogens is 485 g/mol. The average Bonchev–Trinajstić information content (AvgIpc) is 3.39. The molecule has 10 nitrogen and oxygen atoms in total. The largest absolute Gasteiger partial charge is 0.378 e. The molecule has 1 aromatic carbocycles. The molecule has 2 aliphatic heterocycles. The SMILES string of the molecule is Nc1ncc(-c2nc(N3CCOCC3)nc3c2ccn3-c2ccc(CN3CCN(CCF)CC3)cc2)cn1. The van der Waals surface area contributed by atoms with Crippen LogP contribution in [0.3, 0.4) is 0 Å². The summed E-state index contributed by atoms with van der Waals surface area (Å²) in [5.74, 6) is 0.892. The molecule has 3 aromatic heterocycles. The van der Waals surface area contributed by atoms with E-state index in [2.05, 4.69) is 53.5 Å². The minimum absolute atomic E-state index is 0.228. The Morgan fingerprint density at radius 1 is 0.868 bits per heavy atom. The second-order valence-electron chi connectivity index (χ2n) is 9.70. The molecule has 6 rings (SSSR count). The molecule has 2 N–H and O–H groups in total. The highest BCUT2D eigenvalue weighted by atomic mass is 19.1. The zero-order valence-corrected chi connectivity index (χ0v) is 21.3. The quantitative estimate of drug-likeness (QED) is 0.396. The van der Waals surface area contributed by atoms with Crippen molar-refractivity contribution in [2.75, 3.05) is 76.3 Å². The van der Waals surface area contributed by atoms with Crippen molar-refractivity contribution >= 4 is 22.9 Å². The molecule has 0 saturated carbocycles. The Kier molecular flexibility index (Phi) is 7.12. The normalized spacial score (nSPS) is 17.3. The molecule has 0 bridgehead atoms. The van der Waals surface area contributed by atoms with Gasteiger partial charge < -0.3 is 19.9 Å². The van der Waals surface area contributed by atoms with Gasteiger partial charge in [0.1, 0.15) is 6.67 Å². The summed E-state index contributed by atoms with van der Waals surface area (Å²) in [6.07, 6.45) is 5.44. The van der Waals surface area contributed by atoms with Crippen LogP contribution in [0.15, 0.2) is 48.9 Å².